The van der Waals surface area contributed by atoms with Crippen molar-refractivity contribution in [3.8, 4) is 0 Å². The van der Waals surface area contributed by atoms with Gasteiger partial charge in [0, 0.05) is 26.1 Å². The van der Waals surface area contributed by atoms with Crippen molar-refractivity contribution in [3.05, 3.63) is 35.4 Å². The minimum absolute atomic E-state index is 0.0944. The van der Waals surface area contributed by atoms with Gasteiger partial charge in [0.1, 0.15) is 0 Å². The number of rotatable bonds is 10. The van der Waals surface area contributed by atoms with Crippen LogP contribution in [0.25, 0.3) is 0 Å². The van der Waals surface area contributed by atoms with Gasteiger partial charge in [-0.15, -0.1) is 0 Å². The van der Waals surface area contributed by atoms with E-state index in [1.165, 1.54) is 11.1 Å². The zero-order valence-electron chi connectivity index (χ0n) is 16.0. The minimum Gasteiger partial charge on any atom is -0.466 e. The van der Waals surface area contributed by atoms with Crippen molar-refractivity contribution in [2.45, 2.75) is 58.5 Å². The summed E-state index contributed by atoms with van der Waals surface area (Å²) in [6.45, 7) is 5.97. The first-order chi connectivity index (χ1) is 12.6. The monoisotopic (exact) mass is 361 g/mol. The summed E-state index contributed by atoms with van der Waals surface area (Å²) >= 11 is 0. The molecule has 0 radical (unpaired) electrons. The second kappa shape index (κ2) is 11.0. The summed E-state index contributed by atoms with van der Waals surface area (Å²) in [6, 6.07) is 8.43. The van der Waals surface area contributed by atoms with Crippen LogP contribution in [0.3, 0.4) is 0 Å². The van der Waals surface area contributed by atoms with E-state index >= 15 is 0 Å². The van der Waals surface area contributed by atoms with Crippen LogP contribution in [0.1, 0.15) is 50.2 Å². The highest BCUT2D eigenvalue weighted by Gasteiger charge is 2.23. The molecule has 1 aromatic rings. The molecule has 1 heterocycles. The van der Waals surface area contributed by atoms with Crippen molar-refractivity contribution in [2.75, 3.05) is 26.3 Å². The third-order valence-electron chi connectivity index (χ3n) is 4.67. The SMILES string of the molecule is CCOC(=O)CCN(CC1CCCO1)C(=O)CCCc1ccc(C)cc1. The van der Waals surface area contributed by atoms with Crippen molar-refractivity contribution in [1.29, 1.82) is 0 Å². The first kappa shape index (κ1) is 20.4. The van der Waals surface area contributed by atoms with E-state index in [4.69, 9.17) is 9.47 Å². The standard InChI is InChI=1S/C21H31NO4/c1-3-25-21(24)13-14-22(16-19-7-5-15-26-19)20(23)8-4-6-18-11-9-17(2)10-12-18/h9-12,19H,3-8,13-16H2,1-2H3. The zero-order valence-corrected chi connectivity index (χ0v) is 16.0. The number of hydrogen-bond acceptors (Lipinski definition) is 4. The summed E-state index contributed by atoms with van der Waals surface area (Å²) in [5.41, 5.74) is 2.49. The fourth-order valence-corrected chi connectivity index (χ4v) is 3.17. The van der Waals surface area contributed by atoms with Gasteiger partial charge in [0.15, 0.2) is 0 Å². The van der Waals surface area contributed by atoms with Crippen LogP contribution in [0.4, 0.5) is 0 Å². The van der Waals surface area contributed by atoms with Crippen molar-refractivity contribution in [1.82, 2.24) is 4.90 Å². The maximum atomic E-state index is 12.7. The van der Waals surface area contributed by atoms with Crippen LogP contribution in [0, 0.1) is 6.92 Å². The van der Waals surface area contributed by atoms with Gasteiger partial charge in [-0.05, 0) is 45.1 Å². The molecule has 1 unspecified atom stereocenters. The van der Waals surface area contributed by atoms with Gasteiger partial charge in [-0.3, -0.25) is 9.59 Å². The largest absolute Gasteiger partial charge is 0.466 e. The molecular weight excluding hydrogens is 330 g/mol. The summed E-state index contributed by atoms with van der Waals surface area (Å²) in [4.78, 5) is 26.1. The van der Waals surface area contributed by atoms with Crippen LogP contribution in [0.2, 0.25) is 0 Å². The van der Waals surface area contributed by atoms with Gasteiger partial charge in [0.25, 0.3) is 0 Å². The molecule has 1 amide bonds. The second-order valence-electron chi connectivity index (χ2n) is 6.87. The Kier molecular flexibility index (Phi) is 8.62. The van der Waals surface area contributed by atoms with E-state index in [1.807, 2.05) is 0 Å². The smallest absolute Gasteiger partial charge is 0.307 e. The lowest BCUT2D eigenvalue weighted by Crippen LogP contribution is -2.38. The Hall–Kier alpha value is -1.88. The Morgan fingerprint density at radius 1 is 1.23 bits per heavy atom. The van der Waals surface area contributed by atoms with Gasteiger partial charge in [-0.25, -0.2) is 0 Å². The van der Waals surface area contributed by atoms with E-state index in [-0.39, 0.29) is 24.4 Å². The zero-order chi connectivity index (χ0) is 18.8. The lowest BCUT2D eigenvalue weighted by Gasteiger charge is -2.25. The number of nitrogens with zero attached hydrogens (tertiary/aromatic N) is 1. The van der Waals surface area contributed by atoms with E-state index in [9.17, 15) is 9.59 Å². The Bertz CT molecular complexity index is 564. The predicted octanol–water partition coefficient (Wildman–Crippen LogP) is 3.28. The molecule has 1 aromatic carbocycles. The molecule has 0 spiro atoms. The average molecular weight is 361 g/mol. The maximum Gasteiger partial charge on any atom is 0.307 e. The van der Waals surface area contributed by atoms with Crippen molar-refractivity contribution >= 4 is 11.9 Å². The first-order valence-corrected chi connectivity index (χ1v) is 9.69. The van der Waals surface area contributed by atoms with E-state index in [0.717, 1.165) is 32.3 Å². The first-order valence-electron chi connectivity index (χ1n) is 9.69. The van der Waals surface area contributed by atoms with Crippen LogP contribution in [0.15, 0.2) is 24.3 Å². The molecule has 1 atom stereocenters. The summed E-state index contributed by atoms with van der Waals surface area (Å²) in [5, 5.41) is 0. The van der Waals surface area contributed by atoms with E-state index in [0.29, 0.717) is 26.1 Å². The molecule has 5 nitrogen and oxygen atoms in total. The molecule has 2 rings (SSSR count). The second-order valence-corrected chi connectivity index (χ2v) is 6.87. The van der Waals surface area contributed by atoms with E-state index in [2.05, 4.69) is 31.2 Å². The predicted molar refractivity (Wildman–Crippen MR) is 101 cm³/mol. The van der Waals surface area contributed by atoms with Crippen molar-refractivity contribution < 1.29 is 19.1 Å². The van der Waals surface area contributed by atoms with Crippen LogP contribution < -0.4 is 0 Å². The molecule has 1 aliphatic heterocycles. The third-order valence-corrected chi connectivity index (χ3v) is 4.67. The summed E-state index contributed by atoms with van der Waals surface area (Å²) in [5.74, 6) is -0.158. The van der Waals surface area contributed by atoms with Gasteiger partial charge in [0.2, 0.25) is 5.91 Å². The molecule has 1 aliphatic rings. The topological polar surface area (TPSA) is 55.8 Å². The Labute approximate surface area is 156 Å². The lowest BCUT2D eigenvalue weighted by molar-refractivity contribution is -0.144. The number of benzene rings is 1. The number of hydrogen-bond donors (Lipinski definition) is 0. The van der Waals surface area contributed by atoms with Gasteiger partial charge in [0.05, 0.1) is 19.1 Å². The summed E-state index contributed by atoms with van der Waals surface area (Å²) < 4.78 is 10.6. The Morgan fingerprint density at radius 3 is 2.65 bits per heavy atom. The molecule has 5 heteroatoms. The van der Waals surface area contributed by atoms with Gasteiger partial charge in [-0.1, -0.05) is 29.8 Å². The molecule has 0 aliphatic carbocycles. The van der Waals surface area contributed by atoms with Gasteiger partial charge >= 0.3 is 5.97 Å². The third kappa shape index (κ3) is 7.16. The van der Waals surface area contributed by atoms with E-state index < -0.39 is 0 Å². The summed E-state index contributed by atoms with van der Waals surface area (Å²) in [7, 11) is 0. The highest BCUT2D eigenvalue weighted by molar-refractivity contribution is 5.77. The fraction of sp³-hybridized carbons (Fsp3) is 0.619. The molecule has 26 heavy (non-hydrogen) atoms. The Morgan fingerprint density at radius 2 is 2.00 bits per heavy atom. The van der Waals surface area contributed by atoms with Crippen LogP contribution >= 0.6 is 0 Å². The quantitative estimate of drug-likeness (QED) is 0.600. The van der Waals surface area contributed by atoms with Gasteiger partial charge < -0.3 is 14.4 Å². The molecule has 1 fully saturated rings. The fourth-order valence-electron chi connectivity index (χ4n) is 3.17. The number of ether oxygens (including phenoxy) is 2. The van der Waals surface area contributed by atoms with Crippen LogP contribution in [0.5, 0.6) is 0 Å². The highest BCUT2D eigenvalue weighted by Crippen LogP contribution is 2.15. The molecule has 0 saturated carbocycles. The molecule has 0 aromatic heterocycles. The van der Waals surface area contributed by atoms with Crippen molar-refractivity contribution in [2.24, 2.45) is 0 Å². The molecule has 144 valence electrons. The Balaban J connectivity index is 1.82. The number of esters is 1. The maximum absolute atomic E-state index is 12.7. The van der Waals surface area contributed by atoms with Gasteiger partial charge in [-0.2, -0.15) is 0 Å². The van der Waals surface area contributed by atoms with Crippen LogP contribution in [-0.2, 0) is 25.5 Å². The summed E-state index contributed by atoms with van der Waals surface area (Å²) in [6.07, 6.45) is 4.54. The van der Waals surface area contributed by atoms with E-state index in [1.54, 1.807) is 11.8 Å². The number of amides is 1. The van der Waals surface area contributed by atoms with Crippen LogP contribution in [-0.4, -0.2) is 49.2 Å². The number of carbonyl (C=O) groups is 2. The molecular formula is C21H31NO4. The highest BCUT2D eigenvalue weighted by atomic mass is 16.5. The average Bonchev–Trinajstić information content (AvgIpc) is 3.13. The number of carbonyl (C=O) groups excluding carboxylic acids is 2. The normalized spacial score (nSPS) is 16.5. The molecule has 0 bridgehead atoms. The van der Waals surface area contributed by atoms with Crippen molar-refractivity contribution in [3.63, 3.8) is 0 Å². The molecule has 1 saturated heterocycles. The number of aryl methyl sites for hydroxylation is 2. The lowest BCUT2D eigenvalue weighted by atomic mass is 10.1. The molecule has 0 N–H and O–H groups in total. The minimum atomic E-state index is -0.253.